The molecule has 0 aliphatic carbocycles. The number of carbonyl (C=O) groups excluding carboxylic acids is 2. The van der Waals surface area contributed by atoms with Crippen molar-refractivity contribution in [3.05, 3.63) is 64.2 Å². The second-order valence-corrected chi connectivity index (χ2v) is 8.02. The summed E-state index contributed by atoms with van der Waals surface area (Å²) in [6, 6.07) is 9.09. The molecular formula is C22H22ClF3N2O2. The van der Waals surface area contributed by atoms with Gasteiger partial charge in [-0.3, -0.25) is 9.59 Å². The summed E-state index contributed by atoms with van der Waals surface area (Å²) in [5, 5.41) is 3.01. The van der Waals surface area contributed by atoms with Crippen LogP contribution in [0.2, 0.25) is 5.02 Å². The molecule has 0 bridgehead atoms. The maximum atomic E-state index is 13.3. The topological polar surface area (TPSA) is 49.4 Å². The maximum Gasteiger partial charge on any atom is 0.416 e. The number of alkyl halides is 3. The van der Waals surface area contributed by atoms with Gasteiger partial charge in [-0.2, -0.15) is 13.2 Å². The molecule has 160 valence electrons. The highest BCUT2D eigenvalue weighted by Crippen LogP contribution is 2.35. The van der Waals surface area contributed by atoms with Gasteiger partial charge in [0.1, 0.15) is 6.04 Å². The fourth-order valence-corrected chi connectivity index (χ4v) is 3.77. The Balaban J connectivity index is 1.87. The monoisotopic (exact) mass is 438 g/mol. The Morgan fingerprint density at radius 1 is 1.13 bits per heavy atom. The molecule has 0 spiro atoms. The molecule has 0 radical (unpaired) electrons. The summed E-state index contributed by atoms with van der Waals surface area (Å²) in [7, 11) is 0. The van der Waals surface area contributed by atoms with Crippen molar-refractivity contribution >= 4 is 29.1 Å². The van der Waals surface area contributed by atoms with Crippen LogP contribution in [0.5, 0.6) is 0 Å². The number of fused-ring (bicyclic) bond motifs is 1. The van der Waals surface area contributed by atoms with Crippen LogP contribution in [0.1, 0.15) is 41.8 Å². The van der Waals surface area contributed by atoms with E-state index in [4.69, 9.17) is 11.6 Å². The van der Waals surface area contributed by atoms with E-state index < -0.39 is 23.7 Å². The number of halogens is 4. The van der Waals surface area contributed by atoms with E-state index in [1.165, 1.54) is 11.0 Å². The van der Waals surface area contributed by atoms with E-state index in [-0.39, 0.29) is 22.4 Å². The predicted octanol–water partition coefficient (Wildman–Crippen LogP) is 5.09. The Morgan fingerprint density at radius 3 is 2.47 bits per heavy atom. The van der Waals surface area contributed by atoms with Crippen LogP contribution in [0.15, 0.2) is 42.5 Å². The molecule has 0 fully saturated rings. The lowest BCUT2D eigenvalue weighted by Gasteiger charge is -2.34. The molecule has 2 aromatic rings. The van der Waals surface area contributed by atoms with Gasteiger partial charge in [0.2, 0.25) is 5.91 Å². The maximum absolute atomic E-state index is 13.3. The van der Waals surface area contributed by atoms with Crippen LogP contribution in [0, 0.1) is 5.92 Å². The summed E-state index contributed by atoms with van der Waals surface area (Å²) in [5.74, 6) is -1.06. The first-order chi connectivity index (χ1) is 14.1. The summed E-state index contributed by atoms with van der Waals surface area (Å²) < 4.78 is 39.1. The van der Waals surface area contributed by atoms with Gasteiger partial charge in [-0.15, -0.1) is 0 Å². The highest BCUT2D eigenvalue weighted by atomic mass is 35.5. The SMILES string of the molecule is CC(C)C(NC(=O)c1ccccc1Cl)C(=O)N1CCCc2cc(C(F)(F)F)ccc21. The van der Waals surface area contributed by atoms with Gasteiger partial charge in [-0.25, -0.2) is 0 Å². The lowest BCUT2D eigenvalue weighted by Crippen LogP contribution is -2.52. The molecule has 30 heavy (non-hydrogen) atoms. The Morgan fingerprint density at radius 2 is 1.83 bits per heavy atom. The van der Waals surface area contributed by atoms with E-state index in [1.807, 2.05) is 0 Å². The molecule has 0 saturated carbocycles. The zero-order valence-electron chi connectivity index (χ0n) is 16.6. The standard InChI is InChI=1S/C22H22ClF3N2O2/c1-13(2)19(27-20(29)16-7-3-4-8-17(16)23)21(30)28-11-5-6-14-12-15(22(24,25)26)9-10-18(14)28/h3-4,7-10,12-13,19H,5-6,11H2,1-2H3,(H,27,29). The van der Waals surface area contributed by atoms with E-state index in [0.29, 0.717) is 30.6 Å². The molecule has 2 aromatic carbocycles. The zero-order valence-corrected chi connectivity index (χ0v) is 17.3. The number of rotatable bonds is 4. The Labute approximate surface area is 178 Å². The number of carbonyl (C=O) groups is 2. The average molecular weight is 439 g/mol. The van der Waals surface area contributed by atoms with E-state index in [9.17, 15) is 22.8 Å². The third-order valence-corrected chi connectivity index (χ3v) is 5.46. The molecule has 1 aliphatic rings. The Bertz CT molecular complexity index is 960. The third-order valence-electron chi connectivity index (χ3n) is 5.13. The van der Waals surface area contributed by atoms with E-state index in [2.05, 4.69) is 5.32 Å². The van der Waals surface area contributed by atoms with Crippen molar-refractivity contribution in [2.24, 2.45) is 5.92 Å². The average Bonchev–Trinajstić information content (AvgIpc) is 2.70. The zero-order chi connectivity index (χ0) is 22.1. The summed E-state index contributed by atoms with van der Waals surface area (Å²) in [6.45, 7) is 3.97. The van der Waals surface area contributed by atoms with Crippen LogP contribution in [0.25, 0.3) is 0 Å². The van der Waals surface area contributed by atoms with Crippen molar-refractivity contribution in [3.8, 4) is 0 Å². The Kier molecular flexibility index (Phi) is 6.41. The van der Waals surface area contributed by atoms with Crippen LogP contribution in [-0.2, 0) is 17.4 Å². The minimum Gasteiger partial charge on any atom is -0.340 e. The minimum atomic E-state index is -4.44. The van der Waals surface area contributed by atoms with Crippen LogP contribution in [0.4, 0.5) is 18.9 Å². The van der Waals surface area contributed by atoms with Crippen molar-refractivity contribution in [2.75, 3.05) is 11.4 Å². The number of hydrogen-bond donors (Lipinski definition) is 1. The minimum absolute atomic E-state index is 0.233. The molecular weight excluding hydrogens is 417 g/mol. The van der Waals surface area contributed by atoms with Gasteiger partial charge in [-0.05, 0) is 54.7 Å². The second-order valence-electron chi connectivity index (χ2n) is 7.61. The fraction of sp³-hybridized carbons (Fsp3) is 0.364. The van der Waals surface area contributed by atoms with Crippen molar-refractivity contribution in [3.63, 3.8) is 0 Å². The van der Waals surface area contributed by atoms with Gasteiger partial charge in [0.05, 0.1) is 16.1 Å². The molecule has 1 unspecified atom stereocenters. The molecule has 2 amide bonds. The van der Waals surface area contributed by atoms with Crippen LogP contribution < -0.4 is 10.2 Å². The molecule has 1 N–H and O–H groups in total. The number of nitrogens with one attached hydrogen (secondary N) is 1. The molecule has 0 saturated heterocycles. The largest absolute Gasteiger partial charge is 0.416 e. The summed E-state index contributed by atoms with van der Waals surface area (Å²) >= 11 is 6.08. The van der Waals surface area contributed by atoms with E-state index >= 15 is 0 Å². The third kappa shape index (κ3) is 4.61. The van der Waals surface area contributed by atoms with Gasteiger partial charge < -0.3 is 10.2 Å². The van der Waals surface area contributed by atoms with Crippen LogP contribution in [0.3, 0.4) is 0 Å². The van der Waals surface area contributed by atoms with Crippen molar-refractivity contribution < 1.29 is 22.8 Å². The first-order valence-electron chi connectivity index (χ1n) is 9.66. The summed E-state index contributed by atoms with van der Waals surface area (Å²) in [6.07, 6.45) is -3.44. The van der Waals surface area contributed by atoms with Crippen molar-refractivity contribution in [2.45, 2.75) is 38.9 Å². The highest BCUT2D eigenvalue weighted by Gasteiger charge is 2.35. The number of anilines is 1. The Hall–Kier alpha value is -2.54. The number of aryl methyl sites for hydroxylation is 1. The molecule has 1 atom stereocenters. The first-order valence-corrected chi connectivity index (χ1v) is 10.0. The summed E-state index contributed by atoms with van der Waals surface area (Å²) in [5.41, 5.74) is 0.454. The van der Waals surface area contributed by atoms with Crippen LogP contribution in [-0.4, -0.2) is 24.4 Å². The number of hydrogen-bond acceptors (Lipinski definition) is 2. The highest BCUT2D eigenvalue weighted by molar-refractivity contribution is 6.33. The molecule has 0 aromatic heterocycles. The van der Waals surface area contributed by atoms with Gasteiger partial charge in [0.25, 0.3) is 5.91 Å². The first kappa shape index (κ1) is 22.2. The number of amides is 2. The van der Waals surface area contributed by atoms with Gasteiger partial charge in [-0.1, -0.05) is 37.6 Å². The lowest BCUT2D eigenvalue weighted by atomic mass is 9.96. The smallest absolute Gasteiger partial charge is 0.340 e. The molecule has 1 heterocycles. The second kappa shape index (κ2) is 8.68. The van der Waals surface area contributed by atoms with Crippen molar-refractivity contribution in [1.29, 1.82) is 0 Å². The van der Waals surface area contributed by atoms with E-state index in [1.54, 1.807) is 38.1 Å². The van der Waals surface area contributed by atoms with E-state index in [0.717, 1.165) is 12.1 Å². The molecule has 3 rings (SSSR count). The van der Waals surface area contributed by atoms with Gasteiger partial charge in [0, 0.05) is 12.2 Å². The lowest BCUT2D eigenvalue weighted by molar-refractivity contribution is -0.137. The quantitative estimate of drug-likeness (QED) is 0.722. The summed E-state index contributed by atoms with van der Waals surface area (Å²) in [4.78, 5) is 27.4. The number of benzene rings is 2. The van der Waals surface area contributed by atoms with Crippen LogP contribution >= 0.6 is 11.6 Å². The van der Waals surface area contributed by atoms with Gasteiger partial charge in [0.15, 0.2) is 0 Å². The molecule has 1 aliphatic heterocycles. The predicted molar refractivity (Wildman–Crippen MR) is 110 cm³/mol. The normalized spacial score (nSPS) is 15.0. The number of nitrogens with zero attached hydrogens (tertiary/aromatic N) is 1. The van der Waals surface area contributed by atoms with Crippen molar-refractivity contribution in [1.82, 2.24) is 5.32 Å². The fourth-order valence-electron chi connectivity index (χ4n) is 3.55. The van der Waals surface area contributed by atoms with Gasteiger partial charge >= 0.3 is 6.18 Å². The molecule has 4 nitrogen and oxygen atoms in total. The molecule has 8 heteroatoms.